The molecule has 3 aromatic carbocycles. The number of benzene rings is 3. The summed E-state index contributed by atoms with van der Waals surface area (Å²) in [5, 5.41) is 5.16. The molecule has 6 heteroatoms. The number of rotatable bonds is 6. The van der Waals surface area contributed by atoms with Gasteiger partial charge in [0.05, 0.1) is 5.92 Å². The van der Waals surface area contributed by atoms with Crippen molar-refractivity contribution in [2.24, 2.45) is 5.92 Å². The third-order valence-electron chi connectivity index (χ3n) is 7.56. The van der Waals surface area contributed by atoms with Crippen molar-refractivity contribution in [3.8, 4) is 0 Å². The van der Waals surface area contributed by atoms with Crippen LogP contribution in [0.15, 0.2) is 66.7 Å². The molecule has 188 valence electrons. The highest BCUT2D eigenvalue weighted by Crippen LogP contribution is 2.24. The van der Waals surface area contributed by atoms with Crippen LogP contribution in [0.5, 0.6) is 0 Å². The van der Waals surface area contributed by atoms with Crippen molar-refractivity contribution in [2.45, 2.75) is 25.9 Å². The van der Waals surface area contributed by atoms with E-state index in [1.165, 1.54) is 5.56 Å². The van der Waals surface area contributed by atoms with Crippen LogP contribution < -0.4 is 5.32 Å². The molecule has 2 aliphatic rings. The summed E-state index contributed by atoms with van der Waals surface area (Å²) in [6.45, 7) is 7.03. The second-order valence-electron chi connectivity index (χ2n) is 10.2. The Bertz CT molecular complexity index is 1210. The fraction of sp³-hybridized carbons (Fsp3) is 0.400. The average molecular weight is 485 g/mol. The van der Waals surface area contributed by atoms with E-state index in [0.717, 1.165) is 61.9 Å². The highest BCUT2D eigenvalue weighted by atomic mass is 16.2. The number of piperidine rings is 1. The van der Waals surface area contributed by atoms with E-state index in [1.54, 1.807) is 0 Å². The number of carbonyl (C=O) groups excluding carboxylic acids is 2. The number of amides is 2. The molecule has 6 nitrogen and oxygen atoms in total. The molecule has 2 fully saturated rings. The summed E-state index contributed by atoms with van der Waals surface area (Å²) in [6.07, 6.45) is 1.66. The smallest absolute Gasteiger partial charge is 0.254 e. The Morgan fingerprint density at radius 2 is 1.64 bits per heavy atom. The van der Waals surface area contributed by atoms with E-state index in [9.17, 15) is 9.59 Å². The number of hydrogen-bond donors (Lipinski definition) is 1. The monoisotopic (exact) mass is 484 g/mol. The van der Waals surface area contributed by atoms with E-state index in [-0.39, 0.29) is 17.7 Å². The van der Waals surface area contributed by atoms with Gasteiger partial charge in [-0.25, -0.2) is 0 Å². The zero-order valence-electron chi connectivity index (χ0n) is 21.2. The number of carbonyl (C=O) groups is 2. The van der Waals surface area contributed by atoms with Crippen molar-refractivity contribution in [2.75, 3.05) is 46.3 Å². The van der Waals surface area contributed by atoms with E-state index in [0.29, 0.717) is 25.2 Å². The molecule has 0 aromatic heterocycles. The normalized spacial score (nSPS) is 19.4. The third-order valence-corrected chi connectivity index (χ3v) is 7.56. The van der Waals surface area contributed by atoms with Crippen LogP contribution in [-0.4, -0.2) is 72.8 Å². The molecule has 1 atom stereocenters. The lowest BCUT2D eigenvalue weighted by Gasteiger charge is -2.32. The van der Waals surface area contributed by atoms with Crippen LogP contribution in [0.25, 0.3) is 10.8 Å². The van der Waals surface area contributed by atoms with E-state index in [1.807, 2.05) is 47.4 Å². The fourth-order valence-corrected chi connectivity index (χ4v) is 5.39. The van der Waals surface area contributed by atoms with Gasteiger partial charge in [0.25, 0.3) is 5.91 Å². The first kappa shape index (κ1) is 24.5. The highest BCUT2D eigenvalue weighted by molar-refractivity contribution is 6.07. The molecule has 3 aromatic rings. The van der Waals surface area contributed by atoms with Crippen molar-refractivity contribution < 1.29 is 9.59 Å². The Balaban J connectivity index is 1.17. The van der Waals surface area contributed by atoms with Gasteiger partial charge in [0.2, 0.25) is 5.91 Å². The van der Waals surface area contributed by atoms with Gasteiger partial charge in [-0.05, 0) is 47.9 Å². The first-order valence-electron chi connectivity index (χ1n) is 13.1. The van der Waals surface area contributed by atoms with Crippen LogP contribution in [0.3, 0.4) is 0 Å². The molecule has 0 bridgehead atoms. The molecule has 1 N–H and O–H groups in total. The van der Waals surface area contributed by atoms with Crippen molar-refractivity contribution in [1.29, 1.82) is 0 Å². The molecule has 2 amide bonds. The van der Waals surface area contributed by atoms with Crippen LogP contribution in [0.2, 0.25) is 0 Å². The predicted molar refractivity (Wildman–Crippen MR) is 144 cm³/mol. The van der Waals surface area contributed by atoms with Gasteiger partial charge >= 0.3 is 0 Å². The Morgan fingerprint density at radius 1 is 0.889 bits per heavy atom. The SMILES string of the molecule is CN1CCN(Cc2cccc(CNC(=O)C3CCCN(C(=O)c4cccc5ccccc45)C3)c2)CC1. The third kappa shape index (κ3) is 5.77. The molecule has 0 radical (unpaired) electrons. The van der Waals surface area contributed by atoms with E-state index >= 15 is 0 Å². The highest BCUT2D eigenvalue weighted by Gasteiger charge is 2.29. The molecule has 0 saturated carbocycles. The molecule has 36 heavy (non-hydrogen) atoms. The lowest BCUT2D eigenvalue weighted by atomic mass is 9.95. The maximum Gasteiger partial charge on any atom is 0.254 e. The summed E-state index contributed by atoms with van der Waals surface area (Å²) >= 11 is 0. The minimum absolute atomic E-state index is 0.0147. The zero-order valence-corrected chi connectivity index (χ0v) is 21.2. The lowest BCUT2D eigenvalue weighted by Crippen LogP contribution is -2.45. The van der Waals surface area contributed by atoms with E-state index in [2.05, 4.69) is 46.4 Å². The van der Waals surface area contributed by atoms with Crippen LogP contribution in [-0.2, 0) is 17.9 Å². The first-order valence-corrected chi connectivity index (χ1v) is 13.1. The minimum atomic E-state index is -0.175. The Morgan fingerprint density at radius 3 is 2.50 bits per heavy atom. The average Bonchev–Trinajstić information content (AvgIpc) is 2.92. The standard InChI is InChI=1S/C30H36N4O2/c1-32-15-17-33(18-16-32)21-24-8-4-7-23(19-24)20-31-29(35)26-11-6-14-34(22-26)30(36)28-13-5-10-25-9-2-3-12-27(25)28/h2-5,7-10,12-13,19,26H,6,11,14-18,20-22H2,1H3,(H,31,35). The van der Waals surface area contributed by atoms with Crippen molar-refractivity contribution in [3.63, 3.8) is 0 Å². The Labute approximate surface area is 213 Å². The molecule has 0 spiro atoms. The first-order chi connectivity index (χ1) is 17.6. The number of nitrogens with zero attached hydrogens (tertiary/aromatic N) is 3. The Kier molecular flexibility index (Phi) is 7.63. The Hall–Kier alpha value is -3.22. The van der Waals surface area contributed by atoms with E-state index in [4.69, 9.17) is 0 Å². The molecule has 1 unspecified atom stereocenters. The van der Waals surface area contributed by atoms with Gasteiger partial charge in [0.1, 0.15) is 0 Å². The second kappa shape index (κ2) is 11.2. The van der Waals surface area contributed by atoms with Crippen LogP contribution in [0.4, 0.5) is 0 Å². The maximum atomic E-state index is 13.4. The lowest BCUT2D eigenvalue weighted by molar-refractivity contribution is -0.126. The van der Waals surface area contributed by atoms with Crippen molar-refractivity contribution >= 4 is 22.6 Å². The molecule has 5 rings (SSSR count). The number of nitrogens with one attached hydrogen (secondary N) is 1. The summed E-state index contributed by atoms with van der Waals surface area (Å²) in [4.78, 5) is 33.1. The summed E-state index contributed by atoms with van der Waals surface area (Å²) in [7, 11) is 2.17. The quantitative estimate of drug-likeness (QED) is 0.579. The number of likely N-dealkylation sites (tertiary alicyclic amines) is 1. The number of piperazine rings is 1. The van der Waals surface area contributed by atoms with Gasteiger partial charge in [0, 0.05) is 57.9 Å². The van der Waals surface area contributed by atoms with Gasteiger partial charge < -0.3 is 15.1 Å². The molecule has 2 aliphatic heterocycles. The summed E-state index contributed by atoms with van der Waals surface area (Å²) < 4.78 is 0. The fourth-order valence-electron chi connectivity index (χ4n) is 5.39. The minimum Gasteiger partial charge on any atom is -0.352 e. The van der Waals surface area contributed by atoms with E-state index < -0.39 is 0 Å². The molecular weight excluding hydrogens is 448 g/mol. The van der Waals surface area contributed by atoms with Crippen LogP contribution >= 0.6 is 0 Å². The van der Waals surface area contributed by atoms with Crippen LogP contribution in [0, 0.1) is 5.92 Å². The van der Waals surface area contributed by atoms with Gasteiger partial charge in [-0.15, -0.1) is 0 Å². The van der Waals surface area contributed by atoms with Gasteiger partial charge in [0.15, 0.2) is 0 Å². The molecular formula is C30H36N4O2. The van der Waals surface area contributed by atoms with Gasteiger partial charge in [-0.1, -0.05) is 60.7 Å². The molecule has 0 aliphatic carbocycles. The predicted octanol–water partition coefficient (Wildman–Crippen LogP) is 3.76. The second-order valence-corrected chi connectivity index (χ2v) is 10.2. The zero-order chi connectivity index (χ0) is 24.9. The number of hydrogen-bond acceptors (Lipinski definition) is 4. The topological polar surface area (TPSA) is 55.9 Å². The van der Waals surface area contributed by atoms with Crippen LogP contribution in [0.1, 0.15) is 34.3 Å². The summed E-state index contributed by atoms with van der Waals surface area (Å²) in [5.74, 6) is -0.123. The molecule has 2 heterocycles. The molecule has 2 saturated heterocycles. The summed E-state index contributed by atoms with van der Waals surface area (Å²) in [5.41, 5.74) is 3.12. The maximum absolute atomic E-state index is 13.4. The van der Waals surface area contributed by atoms with Gasteiger partial charge in [-0.3, -0.25) is 14.5 Å². The van der Waals surface area contributed by atoms with Crippen molar-refractivity contribution in [3.05, 3.63) is 83.4 Å². The largest absolute Gasteiger partial charge is 0.352 e. The summed E-state index contributed by atoms with van der Waals surface area (Å²) in [6, 6.07) is 22.4. The van der Waals surface area contributed by atoms with Gasteiger partial charge in [-0.2, -0.15) is 0 Å². The number of likely N-dealkylation sites (N-methyl/N-ethyl adjacent to an activating group) is 1. The number of fused-ring (bicyclic) bond motifs is 1. The van der Waals surface area contributed by atoms with Crippen molar-refractivity contribution in [1.82, 2.24) is 20.0 Å².